The smallest absolute Gasteiger partial charge is 0.374 e. The first-order valence-corrected chi connectivity index (χ1v) is 8.92. The lowest BCUT2D eigenvalue weighted by atomic mass is 10.2. The highest BCUT2D eigenvalue weighted by atomic mass is 32.2. The van der Waals surface area contributed by atoms with E-state index in [0.29, 0.717) is 17.3 Å². The predicted octanol–water partition coefficient (Wildman–Crippen LogP) is 3.70. The van der Waals surface area contributed by atoms with Gasteiger partial charge in [-0.2, -0.15) is 13.2 Å². The van der Waals surface area contributed by atoms with Crippen LogP contribution in [0.4, 0.5) is 23.4 Å². The van der Waals surface area contributed by atoms with Gasteiger partial charge in [0.1, 0.15) is 12.5 Å². The molecule has 0 saturated heterocycles. The van der Waals surface area contributed by atoms with Crippen molar-refractivity contribution in [3.8, 4) is 0 Å². The third-order valence-corrected chi connectivity index (χ3v) is 4.74. The number of alkyl halides is 4. The third kappa shape index (κ3) is 5.15. The van der Waals surface area contributed by atoms with E-state index in [2.05, 4.69) is 9.71 Å². The zero-order valence-corrected chi connectivity index (χ0v) is 14.5. The van der Waals surface area contributed by atoms with Crippen LogP contribution < -0.4 is 4.72 Å². The first-order valence-electron chi connectivity index (χ1n) is 7.44. The Morgan fingerprint density at radius 1 is 1.19 bits per heavy atom. The standard InChI is InChI=1S/C16H16F4N2O3S/c1-11-12(10-25-8-7-17)5-6-15(21-11)22-26(23,24)14-4-2-3-13(9-14)16(18,19)20/h2-6,9H,7-8,10H2,1H3,(H,21,22). The molecule has 1 aromatic carbocycles. The molecule has 0 radical (unpaired) electrons. The molecule has 1 aromatic heterocycles. The average molecular weight is 392 g/mol. The molecule has 5 nitrogen and oxygen atoms in total. The average Bonchev–Trinajstić information content (AvgIpc) is 2.56. The number of aromatic nitrogens is 1. The van der Waals surface area contributed by atoms with Crippen molar-refractivity contribution in [3.05, 3.63) is 53.2 Å². The fourth-order valence-electron chi connectivity index (χ4n) is 2.07. The van der Waals surface area contributed by atoms with Crippen molar-refractivity contribution in [3.63, 3.8) is 0 Å². The Bertz CT molecular complexity index is 870. The number of nitrogens with one attached hydrogen (secondary N) is 1. The molecule has 0 aliphatic rings. The molecule has 26 heavy (non-hydrogen) atoms. The molecule has 0 unspecified atom stereocenters. The summed E-state index contributed by atoms with van der Waals surface area (Å²) >= 11 is 0. The highest BCUT2D eigenvalue weighted by Crippen LogP contribution is 2.30. The third-order valence-electron chi connectivity index (χ3n) is 3.38. The summed E-state index contributed by atoms with van der Waals surface area (Å²) in [4.78, 5) is 3.52. The molecule has 0 fully saturated rings. The summed E-state index contributed by atoms with van der Waals surface area (Å²) in [5.41, 5.74) is 0.0263. The molecule has 0 aliphatic heterocycles. The van der Waals surface area contributed by atoms with Crippen LogP contribution in [0.15, 0.2) is 41.3 Å². The number of halogens is 4. The molecule has 2 aromatic rings. The van der Waals surface area contributed by atoms with Gasteiger partial charge in [0.05, 0.1) is 23.7 Å². The van der Waals surface area contributed by atoms with Crippen LogP contribution in [0.1, 0.15) is 16.8 Å². The van der Waals surface area contributed by atoms with Crippen molar-refractivity contribution in [1.29, 1.82) is 0 Å². The van der Waals surface area contributed by atoms with E-state index in [-0.39, 0.29) is 19.0 Å². The van der Waals surface area contributed by atoms with Gasteiger partial charge in [0.25, 0.3) is 10.0 Å². The van der Waals surface area contributed by atoms with Crippen LogP contribution in [0.3, 0.4) is 0 Å². The zero-order valence-electron chi connectivity index (χ0n) is 13.7. The van der Waals surface area contributed by atoms with Gasteiger partial charge in [-0.3, -0.25) is 4.72 Å². The summed E-state index contributed by atoms with van der Waals surface area (Å²) in [7, 11) is -4.24. The highest BCUT2D eigenvalue weighted by Gasteiger charge is 2.31. The molecule has 0 atom stereocenters. The van der Waals surface area contributed by atoms with Gasteiger partial charge in [-0.1, -0.05) is 12.1 Å². The van der Waals surface area contributed by atoms with E-state index in [1.807, 2.05) is 0 Å². The number of pyridine rings is 1. The normalized spacial score (nSPS) is 12.2. The van der Waals surface area contributed by atoms with E-state index in [0.717, 1.165) is 18.2 Å². The van der Waals surface area contributed by atoms with E-state index in [4.69, 9.17) is 4.74 Å². The molecule has 0 aliphatic carbocycles. The van der Waals surface area contributed by atoms with Crippen molar-refractivity contribution in [2.45, 2.75) is 24.6 Å². The SMILES string of the molecule is Cc1nc(NS(=O)(=O)c2cccc(C(F)(F)F)c2)ccc1COCCF. The molecule has 10 heteroatoms. The van der Waals surface area contributed by atoms with Gasteiger partial charge in [-0.25, -0.2) is 17.8 Å². The first kappa shape index (κ1) is 20.1. The largest absolute Gasteiger partial charge is 0.416 e. The van der Waals surface area contributed by atoms with Crippen LogP contribution in [0, 0.1) is 6.92 Å². The number of sulfonamides is 1. The zero-order chi connectivity index (χ0) is 19.4. The molecule has 0 saturated carbocycles. The summed E-state index contributed by atoms with van der Waals surface area (Å²) in [5, 5.41) is 0. The van der Waals surface area contributed by atoms with E-state index in [1.54, 1.807) is 13.0 Å². The lowest BCUT2D eigenvalue weighted by Crippen LogP contribution is -2.16. The van der Waals surface area contributed by atoms with Crippen LogP contribution in [-0.2, 0) is 27.5 Å². The number of rotatable bonds is 7. The molecule has 1 heterocycles. The van der Waals surface area contributed by atoms with E-state index >= 15 is 0 Å². The van der Waals surface area contributed by atoms with E-state index in [1.165, 1.54) is 6.07 Å². The number of hydrogen-bond donors (Lipinski definition) is 1. The van der Waals surface area contributed by atoms with Crippen molar-refractivity contribution in [2.75, 3.05) is 18.0 Å². The summed E-state index contributed by atoms with van der Waals surface area (Å²) in [5.74, 6) is -0.0471. The Morgan fingerprint density at radius 2 is 1.92 bits per heavy atom. The quantitative estimate of drug-likeness (QED) is 0.576. The Kier molecular flexibility index (Phi) is 6.19. The lowest BCUT2D eigenvalue weighted by Gasteiger charge is -2.12. The van der Waals surface area contributed by atoms with Gasteiger partial charge >= 0.3 is 6.18 Å². The van der Waals surface area contributed by atoms with Crippen molar-refractivity contribution < 1.29 is 30.7 Å². The molecule has 0 amide bonds. The lowest BCUT2D eigenvalue weighted by molar-refractivity contribution is -0.137. The molecule has 1 N–H and O–H groups in total. The van der Waals surface area contributed by atoms with Gasteiger partial charge in [0.2, 0.25) is 0 Å². The molecular formula is C16H16F4N2O3S. The minimum atomic E-state index is -4.65. The van der Waals surface area contributed by atoms with Crippen LogP contribution in [0.5, 0.6) is 0 Å². The summed E-state index contributed by atoms with van der Waals surface area (Å²) in [6, 6.07) is 6.31. The van der Waals surface area contributed by atoms with E-state index in [9.17, 15) is 26.0 Å². The molecule has 0 bridgehead atoms. The van der Waals surface area contributed by atoms with Crippen LogP contribution in [0.25, 0.3) is 0 Å². The molecule has 2 rings (SSSR count). The summed E-state index contributed by atoms with van der Waals surface area (Å²) in [6.45, 7) is 1.03. The number of aryl methyl sites for hydroxylation is 1. The molecule has 142 valence electrons. The predicted molar refractivity (Wildman–Crippen MR) is 86.9 cm³/mol. The number of ether oxygens (including phenoxy) is 1. The summed E-state index contributed by atoms with van der Waals surface area (Å²) < 4.78 is 82.0. The second kappa shape index (κ2) is 8.00. The number of nitrogens with zero attached hydrogens (tertiary/aromatic N) is 1. The van der Waals surface area contributed by atoms with Crippen LogP contribution in [-0.4, -0.2) is 26.7 Å². The second-order valence-electron chi connectivity index (χ2n) is 5.31. The van der Waals surface area contributed by atoms with Crippen LogP contribution in [0.2, 0.25) is 0 Å². The summed E-state index contributed by atoms with van der Waals surface area (Å²) in [6.07, 6.45) is -4.65. The highest BCUT2D eigenvalue weighted by molar-refractivity contribution is 7.92. The Balaban J connectivity index is 2.20. The second-order valence-corrected chi connectivity index (χ2v) is 7.00. The fourth-order valence-corrected chi connectivity index (χ4v) is 3.12. The minimum absolute atomic E-state index is 0.0471. The topological polar surface area (TPSA) is 68.3 Å². The number of anilines is 1. The van der Waals surface area contributed by atoms with Gasteiger partial charge in [-0.15, -0.1) is 0 Å². The maximum atomic E-state index is 12.7. The monoisotopic (exact) mass is 392 g/mol. The van der Waals surface area contributed by atoms with Crippen LogP contribution >= 0.6 is 0 Å². The van der Waals surface area contributed by atoms with Gasteiger partial charge in [0, 0.05) is 5.69 Å². The first-order chi connectivity index (χ1) is 12.1. The maximum absolute atomic E-state index is 12.7. The Hall–Kier alpha value is -2.20. The number of hydrogen-bond acceptors (Lipinski definition) is 4. The molecular weight excluding hydrogens is 376 g/mol. The van der Waals surface area contributed by atoms with Gasteiger partial charge in [-0.05, 0) is 36.8 Å². The van der Waals surface area contributed by atoms with Gasteiger partial charge < -0.3 is 4.74 Å². The van der Waals surface area contributed by atoms with Crippen molar-refractivity contribution >= 4 is 15.8 Å². The van der Waals surface area contributed by atoms with E-state index < -0.39 is 33.3 Å². The Labute approximate surface area is 148 Å². The maximum Gasteiger partial charge on any atom is 0.416 e. The molecule has 0 spiro atoms. The number of benzene rings is 1. The minimum Gasteiger partial charge on any atom is -0.374 e. The Morgan fingerprint density at radius 3 is 2.54 bits per heavy atom. The van der Waals surface area contributed by atoms with Gasteiger partial charge in [0.15, 0.2) is 0 Å². The van der Waals surface area contributed by atoms with Crippen molar-refractivity contribution in [1.82, 2.24) is 4.98 Å². The fraction of sp³-hybridized carbons (Fsp3) is 0.312. The van der Waals surface area contributed by atoms with Crippen molar-refractivity contribution in [2.24, 2.45) is 0 Å².